The van der Waals surface area contributed by atoms with E-state index >= 15 is 0 Å². The molecule has 0 amide bonds. The Morgan fingerprint density at radius 2 is 2.00 bits per heavy atom. The lowest BCUT2D eigenvalue weighted by molar-refractivity contribution is 0.740. The maximum absolute atomic E-state index is 3.42. The summed E-state index contributed by atoms with van der Waals surface area (Å²) in [5, 5.41) is 3.42. The lowest BCUT2D eigenvalue weighted by atomic mass is 10.1. The third kappa shape index (κ3) is 4.80. The number of hydrogen-bond donors (Lipinski definition) is 1. The van der Waals surface area contributed by atoms with E-state index < -0.39 is 0 Å². The van der Waals surface area contributed by atoms with E-state index in [-0.39, 0.29) is 0 Å². The highest BCUT2D eigenvalue weighted by Crippen LogP contribution is 2.06. The summed E-state index contributed by atoms with van der Waals surface area (Å²) >= 11 is 0. The second-order valence-electron chi connectivity index (χ2n) is 4.16. The van der Waals surface area contributed by atoms with Crippen LogP contribution in [0.5, 0.6) is 0 Å². The zero-order valence-electron chi connectivity index (χ0n) is 10.0. The first-order chi connectivity index (χ1) is 7.20. The number of hydrogen-bond acceptors (Lipinski definition) is 1. The first kappa shape index (κ1) is 12.0. The Morgan fingerprint density at radius 3 is 2.67 bits per heavy atom. The van der Waals surface area contributed by atoms with Gasteiger partial charge < -0.3 is 5.32 Å². The summed E-state index contributed by atoms with van der Waals surface area (Å²) in [6, 6.07) is 8.58. The molecule has 1 heteroatoms. The SMILES string of the molecule is CC(C)=CCNCCc1ccccc1C. The molecule has 0 aliphatic heterocycles. The molecule has 0 aromatic heterocycles. The van der Waals surface area contributed by atoms with Gasteiger partial charge in [-0.3, -0.25) is 0 Å². The van der Waals surface area contributed by atoms with Gasteiger partial charge in [-0.1, -0.05) is 35.9 Å². The monoisotopic (exact) mass is 203 g/mol. The van der Waals surface area contributed by atoms with Gasteiger partial charge in [-0.15, -0.1) is 0 Å². The van der Waals surface area contributed by atoms with Gasteiger partial charge in [0.2, 0.25) is 0 Å². The summed E-state index contributed by atoms with van der Waals surface area (Å²) < 4.78 is 0. The van der Waals surface area contributed by atoms with Gasteiger partial charge in [-0.25, -0.2) is 0 Å². The third-order valence-electron chi connectivity index (χ3n) is 2.49. The first-order valence-electron chi connectivity index (χ1n) is 5.58. The Morgan fingerprint density at radius 1 is 1.27 bits per heavy atom. The average Bonchev–Trinajstić information content (AvgIpc) is 2.20. The van der Waals surface area contributed by atoms with E-state index in [1.165, 1.54) is 16.7 Å². The molecule has 0 radical (unpaired) electrons. The largest absolute Gasteiger partial charge is 0.313 e. The van der Waals surface area contributed by atoms with Crippen molar-refractivity contribution in [2.24, 2.45) is 0 Å². The highest BCUT2D eigenvalue weighted by molar-refractivity contribution is 5.25. The Kier molecular flexibility index (Phi) is 5.13. The fraction of sp³-hybridized carbons (Fsp3) is 0.429. The number of aryl methyl sites for hydroxylation is 1. The molecule has 0 atom stereocenters. The molecule has 1 rings (SSSR count). The minimum Gasteiger partial charge on any atom is -0.313 e. The quantitative estimate of drug-likeness (QED) is 0.573. The second kappa shape index (κ2) is 6.41. The first-order valence-corrected chi connectivity index (χ1v) is 5.58. The smallest absolute Gasteiger partial charge is 0.0137 e. The van der Waals surface area contributed by atoms with E-state index in [1.54, 1.807) is 0 Å². The van der Waals surface area contributed by atoms with E-state index in [1.807, 2.05) is 0 Å². The molecule has 0 saturated carbocycles. The van der Waals surface area contributed by atoms with Crippen LogP contribution < -0.4 is 5.32 Å². The molecule has 1 aromatic carbocycles. The molecule has 0 aliphatic carbocycles. The van der Waals surface area contributed by atoms with E-state index in [0.29, 0.717) is 0 Å². The molecule has 0 spiro atoms. The molecule has 0 unspecified atom stereocenters. The van der Waals surface area contributed by atoms with Gasteiger partial charge in [-0.2, -0.15) is 0 Å². The van der Waals surface area contributed by atoms with Crippen LogP contribution in [0, 0.1) is 6.92 Å². The van der Waals surface area contributed by atoms with Crippen molar-refractivity contribution in [1.82, 2.24) is 5.32 Å². The second-order valence-corrected chi connectivity index (χ2v) is 4.16. The Labute approximate surface area is 93.2 Å². The fourth-order valence-electron chi connectivity index (χ4n) is 1.49. The molecule has 0 saturated heterocycles. The number of nitrogens with one attached hydrogen (secondary N) is 1. The van der Waals surface area contributed by atoms with Crippen LogP contribution in [0.25, 0.3) is 0 Å². The number of allylic oxidation sites excluding steroid dienone is 1. The van der Waals surface area contributed by atoms with Crippen LogP contribution in [0.3, 0.4) is 0 Å². The molecule has 0 fully saturated rings. The van der Waals surface area contributed by atoms with Crippen molar-refractivity contribution in [1.29, 1.82) is 0 Å². The molecular formula is C14H21N. The van der Waals surface area contributed by atoms with Gasteiger partial charge in [0.25, 0.3) is 0 Å². The van der Waals surface area contributed by atoms with Gasteiger partial charge in [0.15, 0.2) is 0 Å². The maximum atomic E-state index is 3.42. The predicted octanol–water partition coefficient (Wildman–Crippen LogP) is 3.09. The van der Waals surface area contributed by atoms with Crippen LogP contribution >= 0.6 is 0 Å². The van der Waals surface area contributed by atoms with Gasteiger partial charge in [0.1, 0.15) is 0 Å². The van der Waals surface area contributed by atoms with Gasteiger partial charge >= 0.3 is 0 Å². The zero-order chi connectivity index (χ0) is 11.1. The van der Waals surface area contributed by atoms with Crippen LogP contribution in [0.4, 0.5) is 0 Å². The van der Waals surface area contributed by atoms with E-state index in [2.05, 4.69) is 56.4 Å². The van der Waals surface area contributed by atoms with Crippen LogP contribution in [-0.4, -0.2) is 13.1 Å². The molecular weight excluding hydrogens is 182 g/mol. The Bertz CT molecular complexity index is 322. The van der Waals surface area contributed by atoms with Crippen molar-refractivity contribution < 1.29 is 0 Å². The van der Waals surface area contributed by atoms with Crippen molar-refractivity contribution in [3.05, 3.63) is 47.0 Å². The highest BCUT2D eigenvalue weighted by atomic mass is 14.8. The normalized spacial score (nSPS) is 10.1. The van der Waals surface area contributed by atoms with Crippen LogP contribution in [-0.2, 0) is 6.42 Å². The summed E-state index contributed by atoms with van der Waals surface area (Å²) in [7, 11) is 0. The third-order valence-corrected chi connectivity index (χ3v) is 2.49. The molecule has 1 nitrogen and oxygen atoms in total. The molecule has 1 N–H and O–H groups in total. The average molecular weight is 203 g/mol. The number of benzene rings is 1. The molecule has 0 bridgehead atoms. The van der Waals surface area contributed by atoms with Crippen LogP contribution in [0.2, 0.25) is 0 Å². The summed E-state index contributed by atoms with van der Waals surface area (Å²) in [4.78, 5) is 0. The Hall–Kier alpha value is -1.08. The maximum Gasteiger partial charge on any atom is 0.0137 e. The summed E-state index contributed by atoms with van der Waals surface area (Å²) in [6.45, 7) is 8.46. The topological polar surface area (TPSA) is 12.0 Å². The van der Waals surface area contributed by atoms with Gasteiger partial charge in [0, 0.05) is 6.54 Å². The van der Waals surface area contributed by atoms with E-state index in [0.717, 1.165) is 19.5 Å². The van der Waals surface area contributed by atoms with Crippen molar-refractivity contribution >= 4 is 0 Å². The minimum absolute atomic E-state index is 0.980. The zero-order valence-corrected chi connectivity index (χ0v) is 10.0. The van der Waals surface area contributed by atoms with Crippen molar-refractivity contribution in [3.63, 3.8) is 0 Å². The highest BCUT2D eigenvalue weighted by Gasteiger charge is 1.95. The minimum atomic E-state index is 0.980. The number of rotatable bonds is 5. The molecule has 0 aliphatic rings. The Balaban J connectivity index is 2.26. The van der Waals surface area contributed by atoms with Crippen LogP contribution in [0.1, 0.15) is 25.0 Å². The summed E-state index contributed by atoms with van der Waals surface area (Å²) in [6.07, 6.45) is 3.33. The molecule has 15 heavy (non-hydrogen) atoms. The standard InChI is InChI=1S/C14H21N/c1-12(2)8-10-15-11-9-14-7-5-4-6-13(14)3/h4-8,15H,9-11H2,1-3H3. The molecule has 82 valence electrons. The molecule has 0 heterocycles. The van der Waals surface area contributed by atoms with Crippen LogP contribution in [0.15, 0.2) is 35.9 Å². The van der Waals surface area contributed by atoms with Crippen molar-refractivity contribution in [2.75, 3.05) is 13.1 Å². The molecule has 1 aromatic rings. The van der Waals surface area contributed by atoms with Gasteiger partial charge in [-0.05, 0) is 44.9 Å². The van der Waals surface area contributed by atoms with Crippen molar-refractivity contribution in [2.45, 2.75) is 27.2 Å². The van der Waals surface area contributed by atoms with E-state index in [9.17, 15) is 0 Å². The lowest BCUT2D eigenvalue weighted by Crippen LogP contribution is -2.17. The summed E-state index contributed by atoms with van der Waals surface area (Å²) in [5.74, 6) is 0. The summed E-state index contributed by atoms with van der Waals surface area (Å²) in [5.41, 5.74) is 4.21. The fourth-order valence-corrected chi connectivity index (χ4v) is 1.49. The predicted molar refractivity (Wildman–Crippen MR) is 67.2 cm³/mol. The van der Waals surface area contributed by atoms with E-state index in [4.69, 9.17) is 0 Å². The lowest BCUT2D eigenvalue weighted by Gasteiger charge is -2.05. The van der Waals surface area contributed by atoms with Gasteiger partial charge in [0.05, 0.1) is 0 Å². The van der Waals surface area contributed by atoms with Crippen molar-refractivity contribution in [3.8, 4) is 0 Å².